The topological polar surface area (TPSA) is 45.8 Å². The Kier molecular flexibility index (Phi) is 6.21. The number of carbonyl (C=O) groups excluding carboxylic acids is 1. The van der Waals surface area contributed by atoms with E-state index in [1.54, 1.807) is 18.2 Å². The fraction of sp³-hybridized carbons (Fsp3) is 0.200. The summed E-state index contributed by atoms with van der Waals surface area (Å²) < 4.78 is 0. The summed E-state index contributed by atoms with van der Waals surface area (Å²) in [5.74, 6) is 0.665. The first-order chi connectivity index (χ1) is 14.5. The number of carbonyl (C=O) groups is 1. The highest BCUT2D eigenvalue weighted by Gasteiger charge is 2.14. The Morgan fingerprint density at radius 1 is 0.967 bits per heavy atom. The van der Waals surface area contributed by atoms with E-state index in [2.05, 4.69) is 41.2 Å². The normalized spacial score (nSPS) is 11.2. The molecule has 0 aliphatic rings. The zero-order valence-electron chi connectivity index (χ0n) is 16.7. The molecule has 152 valence electrons. The molecule has 0 aliphatic carbocycles. The predicted octanol–water partition coefficient (Wildman–Crippen LogP) is 7.30. The molecule has 1 aromatic heterocycles. The maximum atomic E-state index is 12.8. The molecule has 0 aliphatic heterocycles. The molecule has 0 amide bonds. The van der Waals surface area contributed by atoms with E-state index < -0.39 is 0 Å². The molecular weight excluding hydrogens is 415 g/mol. The van der Waals surface area contributed by atoms with Gasteiger partial charge in [-0.1, -0.05) is 66.9 Å². The zero-order chi connectivity index (χ0) is 21.1. The summed E-state index contributed by atoms with van der Waals surface area (Å²) in [7, 11) is 0. The summed E-state index contributed by atoms with van der Waals surface area (Å²) in [6.07, 6.45) is 3.82. The van der Waals surface area contributed by atoms with Gasteiger partial charge in [-0.15, -0.1) is 0 Å². The molecule has 1 heterocycles. The lowest BCUT2D eigenvalue weighted by Crippen LogP contribution is -2.03. The van der Waals surface area contributed by atoms with Gasteiger partial charge in [-0.05, 0) is 54.3 Å². The summed E-state index contributed by atoms with van der Waals surface area (Å²) in [5, 5.41) is 1.06. The van der Waals surface area contributed by atoms with Crippen molar-refractivity contribution in [2.24, 2.45) is 0 Å². The second kappa shape index (κ2) is 9.03. The van der Waals surface area contributed by atoms with E-state index in [-0.39, 0.29) is 5.78 Å². The average Bonchev–Trinajstić information content (AvgIpc) is 3.15. The van der Waals surface area contributed by atoms with E-state index >= 15 is 0 Å². The monoisotopic (exact) mass is 436 g/mol. The molecule has 3 nitrogen and oxygen atoms in total. The van der Waals surface area contributed by atoms with Gasteiger partial charge in [0.1, 0.15) is 5.82 Å². The van der Waals surface area contributed by atoms with Crippen molar-refractivity contribution in [2.75, 3.05) is 0 Å². The fourth-order valence-electron chi connectivity index (χ4n) is 3.52. The molecule has 0 fully saturated rings. The van der Waals surface area contributed by atoms with Crippen LogP contribution in [0.1, 0.15) is 41.3 Å². The van der Waals surface area contributed by atoms with Crippen LogP contribution < -0.4 is 0 Å². The highest BCUT2D eigenvalue weighted by atomic mass is 35.5. The molecule has 5 heteroatoms. The van der Waals surface area contributed by atoms with Crippen LogP contribution in [0.4, 0.5) is 0 Å². The molecule has 0 unspecified atom stereocenters. The van der Waals surface area contributed by atoms with Crippen LogP contribution in [0.15, 0.2) is 60.7 Å². The quantitative estimate of drug-likeness (QED) is 0.308. The Hall–Kier alpha value is -2.62. The molecule has 30 heavy (non-hydrogen) atoms. The molecule has 4 aromatic rings. The first-order valence-corrected chi connectivity index (χ1v) is 10.9. The highest BCUT2D eigenvalue weighted by Crippen LogP contribution is 2.34. The summed E-state index contributed by atoms with van der Waals surface area (Å²) >= 11 is 12.6. The number of nitrogens with one attached hydrogen (secondary N) is 1. The van der Waals surface area contributed by atoms with Gasteiger partial charge in [-0.25, -0.2) is 4.98 Å². The number of aromatic amines is 1. The van der Waals surface area contributed by atoms with E-state index in [4.69, 9.17) is 23.2 Å². The van der Waals surface area contributed by atoms with Crippen molar-refractivity contribution >= 4 is 40.0 Å². The lowest BCUT2D eigenvalue weighted by Gasteiger charge is -2.04. The van der Waals surface area contributed by atoms with Gasteiger partial charge < -0.3 is 4.98 Å². The van der Waals surface area contributed by atoms with Crippen molar-refractivity contribution in [3.8, 4) is 11.4 Å². The van der Waals surface area contributed by atoms with Crippen LogP contribution in [0.3, 0.4) is 0 Å². The van der Waals surface area contributed by atoms with Crippen molar-refractivity contribution in [3.63, 3.8) is 0 Å². The molecular formula is C25H22Cl2N2O. The van der Waals surface area contributed by atoms with Crippen LogP contribution in [0, 0.1) is 0 Å². The number of nitrogens with zero attached hydrogens (tertiary/aromatic N) is 1. The van der Waals surface area contributed by atoms with E-state index in [9.17, 15) is 4.79 Å². The maximum Gasteiger partial charge on any atom is 0.167 e. The SMILES string of the molecule is CCCCc1ccc(CC(=O)c2ccc3nc(-c4c(Cl)cccc4Cl)[nH]c3c2)cc1. The number of fused-ring (bicyclic) bond motifs is 1. The molecule has 0 bridgehead atoms. The van der Waals surface area contributed by atoms with Crippen molar-refractivity contribution in [2.45, 2.75) is 32.6 Å². The van der Waals surface area contributed by atoms with Crippen LogP contribution in [0.5, 0.6) is 0 Å². The van der Waals surface area contributed by atoms with Crippen molar-refractivity contribution in [1.82, 2.24) is 9.97 Å². The van der Waals surface area contributed by atoms with Gasteiger partial charge in [-0.2, -0.15) is 0 Å². The first-order valence-electron chi connectivity index (χ1n) is 10.1. The van der Waals surface area contributed by atoms with Gasteiger partial charge in [-0.3, -0.25) is 4.79 Å². The number of ketones is 1. The van der Waals surface area contributed by atoms with Gasteiger partial charge in [0.25, 0.3) is 0 Å². The minimum absolute atomic E-state index is 0.0742. The summed E-state index contributed by atoms with van der Waals surface area (Å²) in [4.78, 5) is 20.7. The van der Waals surface area contributed by atoms with Gasteiger partial charge in [0, 0.05) is 12.0 Å². The number of halogens is 2. The number of aromatic nitrogens is 2. The van der Waals surface area contributed by atoms with E-state index in [1.807, 2.05) is 18.2 Å². The van der Waals surface area contributed by atoms with Crippen LogP contribution in [0.2, 0.25) is 10.0 Å². The van der Waals surface area contributed by atoms with E-state index in [0.29, 0.717) is 33.4 Å². The van der Waals surface area contributed by atoms with Gasteiger partial charge >= 0.3 is 0 Å². The minimum atomic E-state index is 0.0742. The number of imidazole rings is 1. The molecule has 0 saturated heterocycles. The lowest BCUT2D eigenvalue weighted by molar-refractivity contribution is 0.0993. The van der Waals surface area contributed by atoms with E-state index in [1.165, 1.54) is 18.4 Å². The fourth-order valence-corrected chi connectivity index (χ4v) is 4.09. The van der Waals surface area contributed by atoms with Crippen LogP contribution in [-0.4, -0.2) is 15.8 Å². The Morgan fingerprint density at radius 3 is 2.37 bits per heavy atom. The lowest BCUT2D eigenvalue weighted by atomic mass is 10.0. The first kappa shape index (κ1) is 20.6. The molecule has 0 spiro atoms. The number of rotatable bonds is 7. The number of H-pyrrole nitrogens is 1. The summed E-state index contributed by atoms with van der Waals surface area (Å²) in [6, 6.07) is 19.2. The Labute approximate surface area is 186 Å². The third kappa shape index (κ3) is 4.43. The number of hydrogen-bond donors (Lipinski definition) is 1. The Bertz CT molecular complexity index is 1180. The third-order valence-electron chi connectivity index (χ3n) is 5.21. The van der Waals surface area contributed by atoms with Crippen molar-refractivity contribution in [1.29, 1.82) is 0 Å². The smallest absolute Gasteiger partial charge is 0.167 e. The summed E-state index contributed by atoms with van der Waals surface area (Å²) in [5.41, 5.74) is 5.19. The Morgan fingerprint density at radius 2 is 1.67 bits per heavy atom. The molecule has 0 atom stereocenters. The second-order valence-corrected chi connectivity index (χ2v) is 8.25. The van der Waals surface area contributed by atoms with E-state index in [0.717, 1.165) is 23.0 Å². The highest BCUT2D eigenvalue weighted by molar-refractivity contribution is 6.39. The van der Waals surface area contributed by atoms with Crippen LogP contribution in [0.25, 0.3) is 22.4 Å². The predicted molar refractivity (Wildman–Crippen MR) is 125 cm³/mol. The van der Waals surface area contributed by atoms with Gasteiger partial charge in [0.15, 0.2) is 5.78 Å². The molecule has 3 aromatic carbocycles. The molecule has 1 N–H and O–H groups in total. The van der Waals surface area contributed by atoms with Crippen LogP contribution in [-0.2, 0) is 12.8 Å². The third-order valence-corrected chi connectivity index (χ3v) is 5.84. The number of Topliss-reactive ketones (excluding diaryl/α,β-unsaturated/α-hetero) is 1. The van der Waals surface area contributed by atoms with Crippen molar-refractivity contribution in [3.05, 3.63) is 87.4 Å². The van der Waals surface area contributed by atoms with Gasteiger partial charge in [0.05, 0.1) is 26.6 Å². The molecule has 0 saturated carbocycles. The molecule has 4 rings (SSSR count). The maximum absolute atomic E-state index is 12.8. The largest absolute Gasteiger partial charge is 0.338 e. The standard InChI is InChI=1S/C25H22Cl2N2O/c1-2-3-5-16-8-10-17(11-9-16)14-23(30)18-12-13-21-22(15-18)29-25(28-21)24-19(26)6-4-7-20(24)27/h4,6-13,15H,2-3,5,14H2,1H3,(H,28,29). The average molecular weight is 437 g/mol. The zero-order valence-corrected chi connectivity index (χ0v) is 18.2. The molecule has 0 radical (unpaired) electrons. The minimum Gasteiger partial charge on any atom is -0.338 e. The number of hydrogen-bond acceptors (Lipinski definition) is 2. The summed E-state index contributed by atoms with van der Waals surface area (Å²) in [6.45, 7) is 2.19. The number of benzene rings is 3. The van der Waals surface area contributed by atoms with Crippen molar-refractivity contribution < 1.29 is 4.79 Å². The second-order valence-electron chi connectivity index (χ2n) is 7.43. The Balaban J connectivity index is 1.55. The van der Waals surface area contributed by atoms with Crippen LogP contribution >= 0.6 is 23.2 Å². The van der Waals surface area contributed by atoms with Gasteiger partial charge in [0.2, 0.25) is 0 Å². The number of unbranched alkanes of at least 4 members (excludes halogenated alkanes) is 1. The number of aryl methyl sites for hydroxylation is 1.